The van der Waals surface area contributed by atoms with E-state index in [1.165, 1.54) is 0 Å². The lowest BCUT2D eigenvalue weighted by atomic mass is 9.96. The highest BCUT2D eigenvalue weighted by molar-refractivity contribution is 5.94. The first-order valence-corrected chi connectivity index (χ1v) is 5.19. The third kappa shape index (κ3) is 3.42. The van der Waals surface area contributed by atoms with Crippen LogP contribution in [0.25, 0.3) is 0 Å². The number of carbonyl (C=O) groups is 1. The number of hydrogen-bond acceptors (Lipinski definition) is 1. The zero-order chi connectivity index (χ0) is 10.5. The fraction of sp³-hybridized carbons (Fsp3) is 0.231. The molecule has 0 amide bonds. The largest absolute Gasteiger partial charge is 1.00 e. The summed E-state index contributed by atoms with van der Waals surface area (Å²) in [6.45, 7) is 0.884. The minimum Gasteiger partial charge on any atom is -1.00 e. The highest BCUT2D eigenvalue weighted by Gasteiger charge is 2.16. The molecular formula is C13H14BrNO. The van der Waals surface area contributed by atoms with Crippen molar-refractivity contribution in [1.29, 1.82) is 0 Å². The Balaban J connectivity index is 0.00000128. The van der Waals surface area contributed by atoms with Crippen LogP contribution in [-0.4, -0.2) is 5.78 Å². The molecule has 0 N–H and O–H groups in total. The number of carbonyl (C=O) groups excluding carboxylic acids is 1. The van der Waals surface area contributed by atoms with Crippen LogP contribution < -0.4 is 21.5 Å². The highest BCUT2D eigenvalue weighted by Crippen LogP contribution is 2.11. The van der Waals surface area contributed by atoms with Crippen molar-refractivity contribution in [3.05, 3.63) is 54.9 Å². The maximum Gasteiger partial charge on any atom is 0.168 e. The van der Waals surface area contributed by atoms with Crippen molar-refractivity contribution in [1.82, 2.24) is 0 Å². The van der Waals surface area contributed by atoms with Gasteiger partial charge in [0.1, 0.15) is 6.54 Å². The van der Waals surface area contributed by atoms with E-state index in [-0.39, 0.29) is 28.7 Å². The highest BCUT2D eigenvalue weighted by atomic mass is 79.9. The lowest BCUT2D eigenvalue weighted by molar-refractivity contribution is -0.697. The van der Waals surface area contributed by atoms with Crippen LogP contribution in [0.2, 0.25) is 0 Å². The minimum atomic E-state index is 0. The molecule has 3 heteroatoms. The van der Waals surface area contributed by atoms with Gasteiger partial charge in [-0.2, -0.15) is 0 Å². The van der Waals surface area contributed by atoms with Gasteiger partial charge in [0, 0.05) is 24.5 Å². The van der Waals surface area contributed by atoms with Crippen LogP contribution >= 0.6 is 0 Å². The Morgan fingerprint density at radius 2 is 1.88 bits per heavy atom. The van der Waals surface area contributed by atoms with Crippen LogP contribution in [0.1, 0.15) is 6.42 Å². The van der Waals surface area contributed by atoms with E-state index in [4.69, 9.17) is 0 Å². The van der Waals surface area contributed by atoms with E-state index in [9.17, 15) is 4.79 Å². The Kier molecular flexibility index (Phi) is 5.12. The summed E-state index contributed by atoms with van der Waals surface area (Å²) in [7, 11) is 0. The third-order valence-corrected chi connectivity index (χ3v) is 2.56. The van der Waals surface area contributed by atoms with Gasteiger partial charge in [-0.25, -0.2) is 4.57 Å². The second-order valence-electron chi connectivity index (χ2n) is 3.65. The average Bonchev–Trinajstić information content (AvgIpc) is 2.29. The maximum atomic E-state index is 11.5. The molecule has 1 aliphatic carbocycles. The fourth-order valence-electron chi connectivity index (χ4n) is 1.68. The van der Waals surface area contributed by atoms with Crippen LogP contribution in [0.5, 0.6) is 0 Å². The van der Waals surface area contributed by atoms with Crippen molar-refractivity contribution >= 4 is 5.78 Å². The molecule has 1 aromatic rings. The van der Waals surface area contributed by atoms with Crippen molar-refractivity contribution in [2.45, 2.75) is 13.0 Å². The Labute approximate surface area is 106 Å². The second-order valence-corrected chi connectivity index (χ2v) is 3.65. The van der Waals surface area contributed by atoms with Gasteiger partial charge in [-0.3, -0.25) is 4.79 Å². The first-order valence-electron chi connectivity index (χ1n) is 5.19. The summed E-state index contributed by atoms with van der Waals surface area (Å²) in [5, 5.41) is 0. The van der Waals surface area contributed by atoms with Crippen molar-refractivity contribution in [3.63, 3.8) is 0 Å². The third-order valence-electron chi connectivity index (χ3n) is 2.56. The van der Waals surface area contributed by atoms with Gasteiger partial charge < -0.3 is 17.0 Å². The molecular weight excluding hydrogens is 266 g/mol. The van der Waals surface area contributed by atoms with E-state index in [1.807, 2.05) is 42.7 Å². The SMILES string of the molecule is O=C1C=CC=CC1CC[n+]1ccccc1.[Br-]. The molecule has 1 aliphatic rings. The first kappa shape index (κ1) is 12.8. The molecule has 0 spiro atoms. The molecule has 1 unspecified atom stereocenters. The van der Waals surface area contributed by atoms with E-state index >= 15 is 0 Å². The molecule has 0 fully saturated rings. The van der Waals surface area contributed by atoms with Gasteiger partial charge in [-0.1, -0.05) is 24.3 Å². The molecule has 1 aromatic heterocycles. The zero-order valence-electron chi connectivity index (χ0n) is 8.92. The molecule has 0 aliphatic heterocycles. The number of aryl methyl sites for hydroxylation is 1. The maximum absolute atomic E-state index is 11.5. The molecule has 1 heterocycles. The molecule has 84 valence electrons. The lowest BCUT2D eigenvalue weighted by Crippen LogP contribution is -3.00. The van der Waals surface area contributed by atoms with Crippen molar-refractivity contribution < 1.29 is 26.3 Å². The van der Waals surface area contributed by atoms with Crippen molar-refractivity contribution in [3.8, 4) is 0 Å². The van der Waals surface area contributed by atoms with E-state index in [0.717, 1.165) is 13.0 Å². The molecule has 0 saturated carbocycles. The molecule has 1 atom stereocenters. The van der Waals surface area contributed by atoms with E-state index in [1.54, 1.807) is 12.2 Å². The molecule has 0 bridgehead atoms. The van der Waals surface area contributed by atoms with Crippen molar-refractivity contribution in [2.24, 2.45) is 5.92 Å². The van der Waals surface area contributed by atoms with Gasteiger partial charge >= 0.3 is 0 Å². The zero-order valence-corrected chi connectivity index (χ0v) is 10.5. The first-order chi connectivity index (χ1) is 7.36. The van der Waals surface area contributed by atoms with Gasteiger partial charge in [0.2, 0.25) is 0 Å². The Morgan fingerprint density at radius 1 is 1.12 bits per heavy atom. The number of halogens is 1. The molecule has 0 saturated heterocycles. The number of rotatable bonds is 3. The molecule has 0 radical (unpaired) electrons. The van der Waals surface area contributed by atoms with E-state index in [2.05, 4.69) is 4.57 Å². The molecule has 2 rings (SSSR count). The summed E-state index contributed by atoms with van der Waals surface area (Å²) in [4.78, 5) is 11.5. The summed E-state index contributed by atoms with van der Waals surface area (Å²) in [6, 6.07) is 5.99. The normalized spacial score (nSPS) is 18.2. The van der Waals surface area contributed by atoms with Crippen LogP contribution in [-0.2, 0) is 11.3 Å². The van der Waals surface area contributed by atoms with Crippen LogP contribution in [0.4, 0.5) is 0 Å². The number of nitrogens with zero attached hydrogens (tertiary/aromatic N) is 1. The Morgan fingerprint density at radius 3 is 2.56 bits per heavy atom. The van der Waals surface area contributed by atoms with Crippen LogP contribution in [0, 0.1) is 5.92 Å². The van der Waals surface area contributed by atoms with E-state index in [0.29, 0.717) is 0 Å². The van der Waals surface area contributed by atoms with Gasteiger partial charge in [0.05, 0.1) is 0 Å². The van der Waals surface area contributed by atoms with Gasteiger partial charge in [0.15, 0.2) is 18.2 Å². The van der Waals surface area contributed by atoms with Gasteiger partial charge in [-0.05, 0) is 6.08 Å². The summed E-state index contributed by atoms with van der Waals surface area (Å²) in [5.74, 6) is 0.275. The van der Waals surface area contributed by atoms with Gasteiger partial charge in [0.25, 0.3) is 0 Å². The monoisotopic (exact) mass is 279 g/mol. The average molecular weight is 280 g/mol. The predicted octanol–water partition coefficient (Wildman–Crippen LogP) is -1.32. The fourth-order valence-corrected chi connectivity index (χ4v) is 1.68. The quantitative estimate of drug-likeness (QED) is 0.629. The molecule has 2 nitrogen and oxygen atoms in total. The standard InChI is InChI=1S/C13H14NO.BrH/c15-13-7-3-2-6-12(13)8-11-14-9-4-1-5-10-14;/h1-7,9-10,12H,8,11H2;1H/q+1;/p-1. The van der Waals surface area contributed by atoms with Crippen LogP contribution in [0.3, 0.4) is 0 Å². The Bertz CT molecular complexity index is 398. The van der Waals surface area contributed by atoms with Gasteiger partial charge in [-0.15, -0.1) is 0 Å². The van der Waals surface area contributed by atoms with Crippen LogP contribution in [0.15, 0.2) is 54.9 Å². The number of ketones is 1. The lowest BCUT2D eigenvalue weighted by Gasteiger charge is -2.08. The number of aromatic nitrogens is 1. The van der Waals surface area contributed by atoms with E-state index < -0.39 is 0 Å². The molecule has 0 aromatic carbocycles. The minimum absolute atomic E-state index is 0. The predicted molar refractivity (Wildman–Crippen MR) is 58.0 cm³/mol. The summed E-state index contributed by atoms with van der Waals surface area (Å²) < 4.78 is 2.10. The number of allylic oxidation sites excluding steroid dienone is 4. The summed E-state index contributed by atoms with van der Waals surface area (Å²) in [5.41, 5.74) is 0. The second kappa shape index (κ2) is 6.38. The van der Waals surface area contributed by atoms with Crippen molar-refractivity contribution in [2.75, 3.05) is 0 Å². The topological polar surface area (TPSA) is 20.9 Å². The summed E-state index contributed by atoms with van der Waals surface area (Å²) in [6.07, 6.45) is 12.3. The molecule has 16 heavy (non-hydrogen) atoms. The summed E-state index contributed by atoms with van der Waals surface area (Å²) >= 11 is 0. The smallest absolute Gasteiger partial charge is 0.168 e. The number of hydrogen-bond donors (Lipinski definition) is 0. The number of pyridine rings is 1. The Hall–Kier alpha value is -1.22.